The van der Waals surface area contributed by atoms with Crippen LogP contribution in [0.15, 0.2) is 10.5 Å². The molecule has 0 amide bonds. The maximum Gasteiger partial charge on any atom is 0.266 e. The first-order chi connectivity index (χ1) is 6.06. The summed E-state index contributed by atoms with van der Waals surface area (Å²) in [6, 6.07) is 1.32. The van der Waals surface area contributed by atoms with Crippen LogP contribution in [0.4, 0.5) is 8.78 Å². The molecule has 0 fully saturated rings. The monoisotopic (exact) mass is 270 g/mol. The van der Waals surface area contributed by atoms with Gasteiger partial charge in [-0.3, -0.25) is 0 Å². The Morgan fingerprint density at radius 1 is 1.62 bits per heavy atom. The summed E-state index contributed by atoms with van der Waals surface area (Å²) in [4.78, 5) is 3.70. The van der Waals surface area contributed by atoms with Crippen LogP contribution >= 0.6 is 27.5 Å². The first-order valence-electron chi connectivity index (χ1n) is 3.39. The van der Waals surface area contributed by atoms with Crippen molar-refractivity contribution >= 4 is 27.5 Å². The van der Waals surface area contributed by atoms with Crippen molar-refractivity contribution in [3.05, 3.63) is 26.9 Å². The minimum atomic E-state index is -2.60. The van der Waals surface area contributed by atoms with Gasteiger partial charge in [-0.25, -0.2) is 13.8 Å². The molecular formula is C7H6BrClF2N2. The fraction of sp³-hybridized carbons (Fsp3) is 0.286. The van der Waals surface area contributed by atoms with Crippen LogP contribution in [0.2, 0.25) is 5.15 Å². The molecule has 0 aliphatic rings. The molecule has 1 aromatic heterocycles. The van der Waals surface area contributed by atoms with Gasteiger partial charge in [-0.15, -0.1) is 0 Å². The smallest absolute Gasteiger partial charge is 0.266 e. The molecule has 2 nitrogen and oxygen atoms in total. The van der Waals surface area contributed by atoms with Crippen LogP contribution in [-0.2, 0) is 6.54 Å². The molecule has 0 bridgehead atoms. The van der Waals surface area contributed by atoms with Crippen molar-refractivity contribution in [2.75, 3.05) is 0 Å². The van der Waals surface area contributed by atoms with Gasteiger partial charge in [-0.2, -0.15) is 0 Å². The molecule has 1 aromatic rings. The van der Waals surface area contributed by atoms with Crippen LogP contribution in [0.25, 0.3) is 0 Å². The topological polar surface area (TPSA) is 38.9 Å². The van der Waals surface area contributed by atoms with Crippen molar-refractivity contribution in [1.29, 1.82) is 0 Å². The van der Waals surface area contributed by atoms with E-state index in [0.29, 0.717) is 0 Å². The molecule has 0 aliphatic carbocycles. The molecular weight excluding hydrogens is 265 g/mol. The van der Waals surface area contributed by atoms with Gasteiger partial charge < -0.3 is 5.73 Å². The Balaban J connectivity index is 3.30. The van der Waals surface area contributed by atoms with E-state index in [9.17, 15) is 8.78 Å². The Labute approximate surface area is 87.2 Å². The van der Waals surface area contributed by atoms with Crippen LogP contribution in [0.1, 0.15) is 17.7 Å². The van der Waals surface area contributed by atoms with E-state index in [4.69, 9.17) is 17.3 Å². The Kier molecular flexibility index (Phi) is 3.58. The summed E-state index contributed by atoms with van der Waals surface area (Å²) in [5.74, 6) is 0. The number of hydrogen-bond donors (Lipinski definition) is 1. The molecule has 0 aliphatic heterocycles. The second-order valence-corrected chi connectivity index (χ2v) is 3.53. The zero-order valence-corrected chi connectivity index (χ0v) is 8.74. The molecule has 72 valence electrons. The van der Waals surface area contributed by atoms with Gasteiger partial charge in [0.15, 0.2) is 0 Å². The van der Waals surface area contributed by atoms with Gasteiger partial charge in [0.1, 0.15) is 5.15 Å². The average molecular weight is 271 g/mol. The Hall–Kier alpha value is -0.260. The largest absolute Gasteiger partial charge is 0.325 e. The lowest BCUT2D eigenvalue weighted by Gasteiger charge is -2.08. The Morgan fingerprint density at radius 2 is 2.23 bits per heavy atom. The molecule has 1 rings (SSSR count). The molecule has 0 unspecified atom stereocenters. The van der Waals surface area contributed by atoms with Crippen LogP contribution in [0, 0.1) is 0 Å². The first-order valence-corrected chi connectivity index (χ1v) is 4.56. The lowest BCUT2D eigenvalue weighted by Crippen LogP contribution is -2.06. The molecule has 0 saturated carbocycles. The summed E-state index contributed by atoms with van der Waals surface area (Å²) in [5, 5.41) is 0.150. The predicted molar refractivity (Wildman–Crippen MR) is 49.8 cm³/mol. The van der Waals surface area contributed by atoms with Crippen LogP contribution in [0.3, 0.4) is 0 Å². The predicted octanol–water partition coefficient (Wildman–Crippen LogP) is 2.89. The number of pyridine rings is 1. The van der Waals surface area contributed by atoms with Gasteiger partial charge in [0.05, 0.1) is 11.3 Å². The number of alkyl halides is 2. The molecule has 0 radical (unpaired) electrons. The number of rotatable bonds is 2. The normalized spacial score (nSPS) is 10.9. The summed E-state index contributed by atoms with van der Waals surface area (Å²) < 4.78 is 25.1. The van der Waals surface area contributed by atoms with Crippen molar-refractivity contribution in [1.82, 2.24) is 4.98 Å². The molecule has 2 N–H and O–H groups in total. The third kappa shape index (κ3) is 2.36. The Morgan fingerprint density at radius 3 is 2.69 bits per heavy atom. The number of hydrogen-bond acceptors (Lipinski definition) is 2. The molecule has 0 spiro atoms. The van der Waals surface area contributed by atoms with Crippen molar-refractivity contribution in [2.45, 2.75) is 13.0 Å². The van der Waals surface area contributed by atoms with Crippen molar-refractivity contribution in [3.8, 4) is 0 Å². The van der Waals surface area contributed by atoms with Gasteiger partial charge in [-0.1, -0.05) is 27.5 Å². The quantitative estimate of drug-likeness (QED) is 0.840. The van der Waals surface area contributed by atoms with Crippen molar-refractivity contribution in [3.63, 3.8) is 0 Å². The van der Waals surface area contributed by atoms with E-state index in [2.05, 4.69) is 20.9 Å². The minimum Gasteiger partial charge on any atom is -0.325 e. The lowest BCUT2D eigenvalue weighted by molar-refractivity contribution is 0.149. The highest BCUT2D eigenvalue weighted by Gasteiger charge is 2.17. The van der Waals surface area contributed by atoms with Crippen LogP contribution in [-0.4, -0.2) is 4.98 Å². The standard InChI is InChI=1S/C7H6BrClF2N2/c8-3-1-5(9)13-4(2-12)6(3)7(10)11/h1,7H,2,12H2. The van der Waals surface area contributed by atoms with Gasteiger partial charge in [0.2, 0.25) is 0 Å². The highest BCUT2D eigenvalue weighted by Crippen LogP contribution is 2.31. The highest BCUT2D eigenvalue weighted by molar-refractivity contribution is 9.10. The molecule has 6 heteroatoms. The van der Waals surface area contributed by atoms with Gasteiger partial charge >= 0.3 is 0 Å². The van der Waals surface area contributed by atoms with Crippen LogP contribution in [0.5, 0.6) is 0 Å². The summed E-state index contributed by atoms with van der Waals surface area (Å²) in [6.45, 7) is -0.0567. The van der Waals surface area contributed by atoms with Crippen LogP contribution < -0.4 is 5.73 Å². The second-order valence-electron chi connectivity index (χ2n) is 2.29. The Bertz CT molecular complexity index is 320. The zero-order chi connectivity index (χ0) is 10.0. The summed E-state index contributed by atoms with van der Waals surface area (Å²) in [5.41, 5.74) is 5.18. The van der Waals surface area contributed by atoms with E-state index in [-0.39, 0.29) is 27.4 Å². The van der Waals surface area contributed by atoms with Gasteiger partial charge in [0, 0.05) is 11.0 Å². The summed E-state index contributed by atoms with van der Waals surface area (Å²) in [7, 11) is 0. The van der Waals surface area contributed by atoms with Gasteiger partial charge in [-0.05, 0) is 6.07 Å². The lowest BCUT2D eigenvalue weighted by atomic mass is 10.2. The number of aromatic nitrogens is 1. The third-order valence-electron chi connectivity index (χ3n) is 1.47. The van der Waals surface area contributed by atoms with E-state index < -0.39 is 6.43 Å². The number of halogens is 4. The van der Waals surface area contributed by atoms with E-state index in [1.165, 1.54) is 6.07 Å². The summed E-state index contributed by atoms with van der Waals surface area (Å²) in [6.07, 6.45) is -2.60. The van der Waals surface area contributed by atoms with Crippen molar-refractivity contribution < 1.29 is 8.78 Å². The molecule has 0 atom stereocenters. The second kappa shape index (κ2) is 4.30. The molecule has 0 saturated heterocycles. The average Bonchev–Trinajstić information content (AvgIpc) is 2.01. The van der Waals surface area contributed by atoms with E-state index in [1.54, 1.807) is 0 Å². The fourth-order valence-electron chi connectivity index (χ4n) is 0.927. The van der Waals surface area contributed by atoms with E-state index in [0.717, 1.165) is 0 Å². The maximum absolute atomic E-state index is 12.4. The van der Waals surface area contributed by atoms with Gasteiger partial charge in [0.25, 0.3) is 6.43 Å². The summed E-state index contributed by atoms with van der Waals surface area (Å²) >= 11 is 8.54. The molecule has 13 heavy (non-hydrogen) atoms. The maximum atomic E-state index is 12.4. The number of nitrogens with two attached hydrogens (primary N) is 1. The minimum absolute atomic E-state index is 0.0567. The molecule has 1 heterocycles. The fourth-order valence-corrected chi connectivity index (χ4v) is 1.89. The van der Waals surface area contributed by atoms with E-state index >= 15 is 0 Å². The number of nitrogens with zero attached hydrogens (tertiary/aromatic N) is 1. The highest BCUT2D eigenvalue weighted by atomic mass is 79.9. The van der Waals surface area contributed by atoms with E-state index in [1.807, 2.05) is 0 Å². The SMILES string of the molecule is NCc1nc(Cl)cc(Br)c1C(F)F. The van der Waals surface area contributed by atoms with Crippen molar-refractivity contribution in [2.24, 2.45) is 5.73 Å². The first kappa shape index (κ1) is 10.8. The molecule has 0 aromatic carbocycles. The zero-order valence-electron chi connectivity index (χ0n) is 6.40. The third-order valence-corrected chi connectivity index (χ3v) is 2.32.